The molecule has 2 unspecified atom stereocenters. The van der Waals surface area contributed by atoms with Gasteiger partial charge in [0.1, 0.15) is 5.82 Å². The van der Waals surface area contributed by atoms with Crippen molar-refractivity contribution >= 4 is 15.7 Å². The third-order valence-corrected chi connectivity index (χ3v) is 6.90. The molecule has 0 saturated carbocycles. The lowest BCUT2D eigenvalue weighted by molar-refractivity contribution is -0.137. The molecule has 1 fully saturated rings. The van der Waals surface area contributed by atoms with Crippen LogP contribution >= 0.6 is 0 Å². The SMILES string of the molecule is CC(Oc1ccccc1F)C(=O)N1CCC(c2ccccc2F)S(=O)(=O)CC1. The molecule has 0 aliphatic carbocycles. The Kier molecular flexibility index (Phi) is 5.98. The maximum absolute atomic E-state index is 14.1. The summed E-state index contributed by atoms with van der Waals surface area (Å²) in [6.45, 7) is 1.61. The van der Waals surface area contributed by atoms with E-state index in [9.17, 15) is 22.0 Å². The van der Waals surface area contributed by atoms with E-state index in [1.807, 2.05) is 0 Å². The summed E-state index contributed by atoms with van der Waals surface area (Å²) in [4.78, 5) is 14.1. The highest BCUT2D eigenvalue weighted by atomic mass is 32.2. The molecule has 2 aromatic rings. The summed E-state index contributed by atoms with van der Waals surface area (Å²) >= 11 is 0. The molecule has 0 N–H and O–H groups in total. The summed E-state index contributed by atoms with van der Waals surface area (Å²) < 4.78 is 58.5. The maximum atomic E-state index is 14.1. The fraction of sp³-hybridized carbons (Fsp3) is 0.350. The molecule has 150 valence electrons. The fourth-order valence-electron chi connectivity index (χ4n) is 3.29. The highest BCUT2D eigenvalue weighted by Crippen LogP contribution is 2.31. The first-order chi connectivity index (χ1) is 13.3. The van der Waals surface area contributed by atoms with Gasteiger partial charge in [0.25, 0.3) is 5.91 Å². The Labute approximate surface area is 162 Å². The van der Waals surface area contributed by atoms with E-state index < -0.39 is 38.7 Å². The minimum absolute atomic E-state index is 0.0168. The number of para-hydroxylation sites is 1. The zero-order chi connectivity index (χ0) is 20.3. The van der Waals surface area contributed by atoms with Gasteiger partial charge in [0.2, 0.25) is 0 Å². The van der Waals surface area contributed by atoms with Crippen molar-refractivity contribution in [1.29, 1.82) is 0 Å². The molecule has 8 heteroatoms. The number of hydrogen-bond donors (Lipinski definition) is 0. The molecule has 3 rings (SSSR count). The first kappa shape index (κ1) is 20.3. The van der Waals surface area contributed by atoms with Crippen LogP contribution in [0.25, 0.3) is 0 Å². The molecule has 5 nitrogen and oxygen atoms in total. The molecule has 0 bridgehead atoms. The van der Waals surface area contributed by atoms with Gasteiger partial charge in [-0.3, -0.25) is 4.79 Å². The van der Waals surface area contributed by atoms with Crippen LogP contribution in [0.1, 0.15) is 24.2 Å². The summed E-state index contributed by atoms with van der Waals surface area (Å²) in [6, 6.07) is 11.5. The van der Waals surface area contributed by atoms with Crippen LogP contribution in [0.5, 0.6) is 5.75 Å². The molecule has 0 spiro atoms. The largest absolute Gasteiger partial charge is 0.478 e. The molecule has 2 atom stereocenters. The lowest BCUT2D eigenvalue weighted by atomic mass is 10.1. The van der Waals surface area contributed by atoms with E-state index in [0.717, 1.165) is 0 Å². The van der Waals surface area contributed by atoms with Gasteiger partial charge in [-0.05, 0) is 31.5 Å². The van der Waals surface area contributed by atoms with Crippen LogP contribution in [0.15, 0.2) is 48.5 Å². The second-order valence-corrected chi connectivity index (χ2v) is 8.98. The number of rotatable bonds is 4. The number of amides is 1. The minimum atomic E-state index is -3.63. The molecular formula is C20H21F2NO4S. The van der Waals surface area contributed by atoms with Gasteiger partial charge in [0.05, 0.1) is 11.0 Å². The van der Waals surface area contributed by atoms with Gasteiger partial charge in [-0.1, -0.05) is 30.3 Å². The van der Waals surface area contributed by atoms with E-state index >= 15 is 0 Å². The van der Waals surface area contributed by atoms with Crippen molar-refractivity contribution in [2.24, 2.45) is 0 Å². The molecule has 1 heterocycles. The quantitative estimate of drug-likeness (QED) is 0.778. The zero-order valence-electron chi connectivity index (χ0n) is 15.3. The molecule has 0 radical (unpaired) electrons. The lowest BCUT2D eigenvalue weighted by Crippen LogP contribution is -2.42. The van der Waals surface area contributed by atoms with Gasteiger partial charge in [0.15, 0.2) is 27.5 Å². The number of hydrogen-bond acceptors (Lipinski definition) is 4. The van der Waals surface area contributed by atoms with E-state index in [-0.39, 0.29) is 36.6 Å². The van der Waals surface area contributed by atoms with E-state index in [1.165, 1.54) is 48.2 Å². The Morgan fingerprint density at radius 1 is 1.07 bits per heavy atom. The number of nitrogens with zero attached hydrogens (tertiary/aromatic N) is 1. The van der Waals surface area contributed by atoms with Gasteiger partial charge in [-0.15, -0.1) is 0 Å². The van der Waals surface area contributed by atoms with Crippen LogP contribution < -0.4 is 4.74 Å². The van der Waals surface area contributed by atoms with Gasteiger partial charge in [-0.25, -0.2) is 17.2 Å². The highest BCUT2D eigenvalue weighted by molar-refractivity contribution is 7.91. The van der Waals surface area contributed by atoms with Gasteiger partial charge >= 0.3 is 0 Å². The summed E-state index contributed by atoms with van der Waals surface area (Å²) in [7, 11) is -3.63. The Morgan fingerprint density at radius 3 is 2.39 bits per heavy atom. The first-order valence-electron chi connectivity index (χ1n) is 8.95. The topological polar surface area (TPSA) is 63.7 Å². The van der Waals surface area contributed by atoms with Crippen molar-refractivity contribution in [3.05, 3.63) is 65.7 Å². The molecular weight excluding hydrogens is 388 g/mol. The van der Waals surface area contributed by atoms with Crippen molar-refractivity contribution in [2.75, 3.05) is 18.8 Å². The molecule has 1 saturated heterocycles. The summed E-state index contributed by atoms with van der Waals surface area (Å²) in [6.07, 6.45) is -0.897. The molecule has 2 aromatic carbocycles. The Bertz CT molecular complexity index is 964. The summed E-state index contributed by atoms with van der Waals surface area (Å²) in [5.74, 6) is -1.92. The van der Waals surface area contributed by atoms with E-state index in [1.54, 1.807) is 12.1 Å². The van der Waals surface area contributed by atoms with E-state index in [4.69, 9.17) is 4.74 Å². The lowest BCUT2D eigenvalue weighted by Gasteiger charge is -2.24. The predicted molar refractivity (Wildman–Crippen MR) is 101 cm³/mol. The van der Waals surface area contributed by atoms with Crippen LogP contribution in [-0.4, -0.2) is 44.2 Å². The smallest absolute Gasteiger partial charge is 0.263 e. The van der Waals surface area contributed by atoms with Gasteiger partial charge in [0, 0.05) is 18.7 Å². The average Bonchev–Trinajstić information content (AvgIpc) is 2.81. The van der Waals surface area contributed by atoms with Crippen LogP contribution in [0.4, 0.5) is 8.78 Å². The molecule has 0 aromatic heterocycles. The van der Waals surface area contributed by atoms with E-state index in [0.29, 0.717) is 0 Å². The summed E-state index contributed by atoms with van der Waals surface area (Å²) in [5.41, 5.74) is 0.118. The normalized spacial score (nSPS) is 20.2. The number of sulfone groups is 1. The Hall–Kier alpha value is -2.48. The van der Waals surface area contributed by atoms with Crippen LogP contribution in [0, 0.1) is 11.6 Å². The zero-order valence-corrected chi connectivity index (χ0v) is 16.2. The van der Waals surface area contributed by atoms with Crippen molar-refractivity contribution < 1.29 is 26.7 Å². The third kappa shape index (κ3) is 4.32. The fourth-order valence-corrected chi connectivity index (χ4v) is 5.09. The molecule has 28 heavy (non-hydrogen) atoms. The second kappa shape index (κ2) is 8.26. The molecule has 1 aliphatic rings. The first-order valence-corrected chi connectivity index (χ1v) is 10.7. The minimum Gasteiger partial charge on any atom is -0.478 e. The van der Waals surface area contributed by atoms with Crippen molar-refractivity contribution in [1.82, 2.24) is 4.90 Å². The van der Waals surface area contributed by atoms with Crippen molar-refractivity contribution in [2.45, 2.75) is 24.7 Å². The number of carbonyl (C=O) groups is 1. The molecule has 1 amide bonds. The maximum Gasteiger partial charge on any atom is 0.263 e. The second-order valence-electron chi connectivity index (χ2n) is 6.68. The number of ether oxygens (including phenoxy) is 1. The van der Waals surface area contributed by atoms with Gasteiger partial charge in [-0.2, -0.15) is 0 Å². The summed E-state index contributed by atoms with van der Waals surface area (Å²) in [5, 5.41) is -1.01. The Morgan fingerprint density at radius 2 is 1.71 bits per heavy atom. The average molecular weight is 409 g/mol. The molecule has 1 aliphatic heterocycles. The number of halogens is 2. The third-order valence-electron chi connectivity index (χ3n) is 4.79. The standard InChI is InChI=1S/C20H21F2NO4S/c1-14(27-18-9-5-4-8-17(18)22)20(24)23-11-10-19(28(25,26)13-12-23)15-6-2-3-7-16(15)21/h2-9,14,19H,10-13H2,1H3. The van der Waals surface area contributed by atoms with E-state index in [2.05, 4.69) is 0 Å². The monoisotopic (exact) mass is 409 g/mol. The van der Waals surface area contributed by atoms with Crippen LogP contribution in [0.3, 0.4) is 0 Å². The number of carbonyl (C=O) groups excluding carboxylic acids is 1. The van der Waals surface area contributed by atoms with Crippen LogP contribution in [-0.2, 0) is 14.6 Å². The van der Waals surface area contributed by atoms with Crippen LogP contribution in [0.2, 0.25) is 0 Å². The predicted octanol–water partition coefficient (Wildman–Crippen LogP) is 3.12. The van der Waals surface area contributed by atoms with Crippen molar-refractivity contribution in [3.63, 3.8) is 0 Å². The number of benzene rings is 2. The van der Waals surface area contributed by atoms with Crippen molar-refractivity contribution in [3.8, 4) is 5.75 Å². The Balaban J connectivity index is 1.74. The van der Waals surface area contributed by atoms with Gasteiger partial charge < -0.3 is 9.64 Å². The highest BCUT2D eigenvalue weighted by Gasteiger charge is 2.35.